The first-order valence-corrected chi connectivity index (χ1v) is 8.75. The Labute approximate surface area is 124 Å². The van der Waals surface area contributed by atoms with Crippen LogP contribution in [0.1, 0.15) is 5.56 Å². The molecule has 1 rings (SSSR count). The van der Waals surface area contributed by atoms with Gasteiger partial charge in [0.2, 0.25) is 0 Å². The molecule has 0 saturated heterocycles. The standard InChI is InChI=1S/C11H13ClF3NO2S2/c1-20(17,18)10-4-2-3-9(12)8(10)7-16-5-6-19-11(13,14)15/h2-4,16H,5-7H2,1H3. The number of hydrogen-bond donors (Lipinski definition) is 1. The molecule has 0 aromatic heterocycles. The second kappa shape index (κ2) is 7.02. The Morgan fingerprint density at radius 2 is 2.00 bits per heavy atom. The van der Waals surface area contributed by atoms with Crippen molar-refractivity contribution in [3.05, 3.63) is 28.8 Å². The predicted octanol–water partition coefficient (Wildman–Crippen LogP) is 3.09. The van der Waals surface area contributed by atoms with Gasteiger partial charge in [0, 0.05) is 35.7 Å². The summed E-state index contributed by atoms with van der Waals surface area (Å²) >= 11 is 5.80. The van der Waals surface area contributed by atoms with Crippen molar-refractivity contribution in [3.63, 3.8) is 0 Å². The zero-order valence-electron chi connectivity index (χ0n) is 10.5. The molecule has 20 heavy (non-hydrogen) atoms. The minimum atomic E-state index is -4.26. The molecule has 0 radical (unpaired) electrons. The van der Waals surface area contributed by atoms with Crippen molar-refractivity contribution in [2.75, 3.05) is 18.6 Å². The predicted molar refractivity (Wildman–Crippen MR) is 74.8 cm³/mol. The smallest absolute Gasteiger partial charge is 0.312 e. The highest BCUT2D eigenvalue weighted by molar-refractivity contribution is 8.00. The van der Waals surface area contributed by atoms with Crippen LogP contribution >= 0.6 is 23.4 Å². The van der Waals surface area contributed by atoms with Gasteiger partial charge in [0.1, 0.15) is 0 Å². The topological polar surface area (TPSA) is 46.2 Å². The van der Waals surface area contributed by atoms with Crippen molar-refractivity contribution in [2.45, 2.75) is 16.9 Å². The molecule has 9 heteroatoms. The summed E-state index contributed by atoms with van der Waals surface area (Å²) in [5.74, 6) is -0.151. The Hall–Kier alpha value is -0.440. The van der Waals surface area contributed by atoms with Gasteiger partial charge in [-0.3, -0.25) is 0 Å². The number of benzene rings is 1. The Kier molecular flexibility index (Phi) is 6.18. The van der Waals surface area contributed by atoms with E-state index in [1.54, 1.807) is 0 Å². The molecule has 0 saturated carbocycles. The molecule has 1 aromatic carbocycles. The second-order valence-electron chi connectivity index (χ2n) is 3.96. The summed E-state index contributed by atoms with van der Waals surface area (Å²) in [4.78, 5) is 0.0842. The van der Waals surface area contributed by atoms with E-state index in [1.165, 1.54) is 18.2 Å². The SMILES string of the molecule is CS(=O)(=O)c1cccc(Cl)c1CNCCSC(F)(F)F. The van der Waals surface area contributed by atoms with Gasteiger partial charge >= 0.3 is 5.51 Å². The maximum Gasteiger partial charge on any atom is 0.441 e. The van der Waals surface area contributed by atoms with E-state index in [2.05, 4.69) is 5.32 Å². The molecule has 0 amide bonds. The van der Waals surface area contributed by atoms with Crippen molar-refractivity contribution < 1.29 is 21.6 Å². The van der Waals surface area contributed by atoms with Crippen LogP contribution in [0.5, 0.6) is 0 Å². The van der Waals surface area contributed by atoms with Gasteiger partial charge in [-0.25, -0.2) is 8.42 Å². The number of nitrogens with one attached hydrogen (secondary N) is 1. The Morgan fingerprint density at radius 3 is 2.55 bits per heavy atom. The fourth-order valence-electron chi connectivity index (χ4n) is 1.51. The van der Waals surface area contributed by atoms with Crippen LogP contribution in [0.15, 0.2) is 23.1 Å². The molecule has 0 fully saturated rings. The van der Waals surface area contributed by atoms with E-state index in [-0.39, 0.29) is 40.5 Å². The lowest BCUT2D eigenvalue weighted by molar-refractivity contribution is -0.0327. The minimum absolute atomic E-state index is 0.0842. The molecule has 1 N–H and O–H groups in total. The van der Waals surface area contributed by atoms with E-state index in [9.17, 15) is 21.6 Å². The third-order valence-electron chi connectivity index (χ3n) is 2.32. The van der Waals surface area contributed by atoms with E-state index < -0.39 is 15.3 Å². The van der Waals surface area contributed by atoms with Crippen molar-refractivity contribution in [2.24, 2.45) is 0 Å². The molecular formula is C11H13ClF3NO2S2. The molecular weight excluding hydrogens is 335 g/mol. The van der Waals surface area contributed by atoms with Gasteiger partial charge in [-0.15, -0.1) is 0 Å². The minimum Gasteiger partial charge on any atom is -0.312 e. The molecule has 114 valence electrons. The van der Waals surface area contributed by atoms with Gasteiger partial charge in [0.15, 0.2) is 9.84 Å². The maximum absolute atomic E-state index is 11.9. The lowest BCUT2D eigenvalue weighted by Gasteiger charge is -2.11. The summed E-state index contributed by atoms with van der Waals surface area (Å²) in [6.07, 6.45) is 1.06. The molecule has 0 unspecified atom stereocenters. The lowest BCUT2D eigenvalue weighted by Crippen LogP contribution is -2.20. The highest BCUT2D eigenvalue weighted by Crippen LogP contribution is 2.29. The van der Waals surface area contributed by atoms with Gasteiger partial charge < -0.3 is 5.32 Å². The lowest BCUT2D eigenvalue weighted by atomic mass is 10.2. The van der Waals surface area contributed by atoms with Crippen LogP contribution in [0, 0.1) is 0 Å². The summed E-state index contributed by atoms with van der Waals surface area (Å²) in [7, 11) is -3.43. The number of alkyl halides is 3. The first-order valence-electron chi connectivity index (χ1n) is 5.50. The monoisotopic (exact) mass is 347 g/mol. The number of thioether (sulfide) groups is 1. The molecule has 0 atom stereocenters. The average molecular weight is 348 g/mol. The zero-order valence-corrected chi connectivity index (χ0v) is 12.9. The number of hydrogen-bond acceptors (Lipinski definition) is 4. The van der Waals surface area contributed by atoms with Gasteiger partial charge in [0.05, 0.1) is 4.90 Å². The van der Waals surface area contributed by atoms with Crippen LogP contribution in [0.2, 0.25) is 5.02 Å². The molecule has 0 aliphatic heterocycles. The van der Waals surface area contributed by atoms with Gasteiger partial charge in [-0.1, -0.05) is 17.7 Å². The fraction of sp³-hybridized carbons (Fsp3) is 0.455. The van der Waals surface area contributed by atoms with Crippen molar-refractivity contribution in [1.29, 1.82) is 0 Å². The summed E-state index contributed by atoms with van der Waals surface area (Å²) in [6, 6.07) is 4.47. The highest BCUT2D eigenvalue weighted by atomic mass is 35.5. The van der Waals surface area contributed by atoms with Crippen molar-refractivity contribution in [3.8, 4) is 0 Å². The molecule has 0 aliphatic carbocycles. The van der Waals surface area contributed by atoms with Gasteiger partial charge in [-0.05, 0) is 23.9 Å². The average Bonchev–Trinajstić information content (AvgIpc) is 2.27. The van der Waals surface area contributed by atoms with E-state index in [0.29, 0.717) is 5.56 Å². The third kappa shape index (κ3) is 5.90. The molecule has 0 spiro atoms. The highest BCUT2D eigenvalue weighted by Gasteiger charge is 2.27. The molecule has 0 aliphatic rings. The van der Waals surface area contributed by atoms with Crippen LogP contribution in [-0.4, -0.2) is 32.5 Å². The fourth-order valence-corrected chi connectivity index (χ4v) is 3.24. The second-order valence-corrected chi connectivity index (χ2v) is 7.51. The number of sulfone groups is 1. The number of halogens is 4. The Bertz CT molecular complexity index is 561. The summed E-state index contributed by atoms with van der Waals surface area (Å²) in [5.41, 5.74) is -3.89. The third-order valence-corrected chi connectivity index (χ3v) is 4.59. The molecule has 0 bridgehead atoms. The maximum atomic E-state index is 11.9. The zero-order chi connectivity index (χ0) is 15.4. The Balaban J connectivity index is 2.65. The van der Waals surface area contributed by atoms with Gasteiger partial charge in [-0.2, -0.15) is 13.2 Å². The van der Waals surface area contributed by atoms with Crippen molar-refractivity contribution in [1.82, 2.24) is 5.32 Å². The summed E-state index contributed by atoms with van der Waals surface area (Å²) in [6.45, 7) is 0.194. The van der Waals surface area contributed by atoms with Crippen molar-refractivity contribution >= 4 is 33.2 Å². The van der Waals surface area contributed by atoms with E-state index in [1.807, 2.05) is 0 Å². The summed E-state index contributed by atoms with van der Waals surface area (Å²) < 4.78 is 58.9. The molecule has 1 aromatic rings. The largest absolute Gasteiger partial charge is 0.441 e. The van der Waals surface area contributed by atoms with Gasteiger partial charge in [0.25, 0.3) is 0 Å². The number of rotatable bonds is 6. The van der Waals surface area contributed by atoms with E-state index in [4.69, 9.17) is 11.6 Å². The normalized spacial score (nSPS) is 12.7. The van der Waals surface area contributed by atoms with Crippen LogP contribution < -0.4 is 5.32 Å². The van der Waals surface area contributed by atoms with Crippen LogP contribution in [-0.2, 0) is 16.4 Å². The molecule has 3 nitrogen and oxygen atoms in total. The summed E-state index contributed by atoms with van der Waals surface area (Å²) in [5, 5.41) is 3.03. The Morgan fingerprint density at radius 1 is 1.35 bits per heavy atom. The van der Waals surface area contributed by atoms with Crippen LogP contribution in [0.4, 0.5) is 13.2 Å². The van der Waals surface area contributed by atoms with Crippen LogP contribution in [0.25, 0.3) is 0 Å². The van der Waals surface area contributed by atoms with Crippen LogP contribution in [0.3, 0.4) is 0 Å². The first kappa shape index (κ1) is 17.6. The first-order chi connectivity index (χ1) is 9.11. The quantitative estimate of drug-likeness (QED) is 0.803. The van der Waals surface area contributed by atoms with E-state index in [0.717, 1.165) is 6.26 Å². The van der Waals surface area contributed by atoms with E-state index >= 15 is 0 Å². The molecule has 0 heterocycles.